The highest BCUT2D eigenvalue weighted by molar-refractivity contribution is 6.00. The van der Waals surface area contributed by atoms with Gasteiger partial charge in [-0.2, -0.15) is 0 Å². The number of fused-ring (bicyclic) bond motifs is 1. The van der Waals surface area contributed by atoms with E-state index in [0.717, 1.165) is 13.1 Å². The minimum atomic E-state index is -0.483. The van der Waals surface area contributed by atoms with Gasteiger partial charge < -0.3 is 5.32 Å². The van der Waals surface area contributed by atoms with Crippen LogP contribution in [0.25, 0.3) is 0 Å². The van der Waals surface area contributed by atoms with Gasteiger partial charge in [0.1, 0.15) is 18.5 Å². The van der Waals surface area contributed by atoms with Crippen LogP contribution in [0.3, 0.4) is 0 Å². The number of imide groups is 1. The number of likely N-dealkylation sites (tertiary alicyclic amines) is 1. The molecule has 0 aromatic rings. The molecule has 5 N–H and O–H groups in total. The summed E-state index contributed by atoms with van der Waals surface area (Å²) in [6.07, 6.45) is 3.20. The Kier molecular flexibility index (Phi) is 3.16. The van der Waals surface area contributed by atoms with E-state index in [1.807, 2.05) is 0 Å². The Balaban J connectivity index is 1.64. The van der Waals surface area contributed by atoms with Gasteiger partial charge in [0.15, 0.2) is 0 Å². The molecule has 8 heteroatoms. The van der Waals surface area contributed by atoms with Crippen LogP contribution in [0.4, 0.5) is 4.79 Å². The standard InChI is InChI=1S/C10H18N6O2/c17-8-6-7(12-10(18)13-8)11-9(15-14-6)16-4-2-1-3-5-16/h6-7,9,11,14-15H,1-5H2,(H2,12,13,17,18). The van der Waals surface area contributed by atoms with Crippen LogP contribution in [0.1, 0.15) is 19.3 Å². The van der Waals surface area contributed by atoms with Gasteiger partial charge in [0.2, 0.25) is 5.91 Å². The van der Waals surface area contributed by atoms with Gasteiger partial charge in [-0.15, -0.1) is 0 Å². The third-order valence-electron chi connectivity index (χ3n) is 3.61. The minimum absolute atomic E-state index is 0.0576. The Bertz CT molecular complexity index is 356. The summed E-state index contributed by atoms with van der Waals surface area (Å²) in [5, 5.41) is 8.18. The first-order valence-corrected chi connectivity index (χ1v) is 6.36. The largest absolute Gasteiger partial charge is 0.322 e. The van der Waals surface area contributed by atoms with Crippen molar-refractivity contribution in [3.63, 3.8) is 0 Å². The lowest BCUT2D eigenvalue weighted by atomic mass is 10.1. The van der Waals surface area contributed by atoms with Crippen molar-refractivity contribution in [2.45, 2.75) is 37.8 Å². The molecule has 0 aliphatic carbocycles. The molecule has 8 nitrogen and oxygen atoms in total. The molecular weight excluding hydrogens is 236 g/mol. The number of hydrazine groups is 1. The summed E-state index contributed by atoms with van der Waals surface area (Å²) in [5.41, 5.74) is 6.04. The summed E-state index contributed by atoms with van der Waals surface area (Å²) in [6.45, 7) is 2.04. The number of nitrogens with zero attached hydrogens (tertiary/aromatic N) is 1. The van der Waals surface area contributed by atoms with Crippen LogP contribution in [0.15, 0.2) is 0 Å². The highest BCUT2D eigenvalue weighted by Crippen LogP contribution is 2.12. The maximum Gasteiger partial charge on any atom is 0.322 e. The Morgan fingerprint density at radius 1 is 1.06 bits per heavy atom. The van der Waals surface area contributed by atoms with Crippen LogP contribution in [0.2, 0.25) is 0 Å². The molecule has 0 spiro atoms. The van der Waals surface area contributed by atoms with Gasteiger partial charge in [-0.3, -0.25) is 20.3 Å². The Hall–Kier alpha value is -1.22. The van der Waals surface area contributed by atoms with Crippen molar-refractivity contribution in [3.05, 3.63) is 0 Å². The zero-order valence-corrected chi connectivity index (χ0v) is 10.0. The van der Waals surface area contributed by atoms with E-state index < -0.39 is 12.1 Å². The highest BCUT2D eigenvalue weighted by atomic mass is 16.2. The van der Waals surface area contributed by atoms with Crippen LogP contribution in [-0.2, 0) is 4.79 Å². The van der Waals surface area contributed by atoms with E-state index >= 15 is 0 Å². The molecule has 3 unspecified atom stereocenters. The second-order valence-corrected chi connectivity index (χ2v) is 4.87. The average molecular weight is 254 g/mol. The van der Waals surface area contributed by atoms with E-state index in [1.165, 1.54) is 19.3 Å². The highest BCUT2D eigenvalue weighted by Gasteiger charge is 2.40. The molecule has 0 aromatic heterocycles. The summed E-state index contributed by atoms with van der Waals surface area (Å²) in [4.78, 5) is 25.1. The summed E-state index contributed by atoms with van der Waals surface area (Å²) < 4.78 is 0. The first-order chi connectivity index (χ1) is 8.74. The van der Waals surface area contributed by atoms with E-state index in [4.69, 9.17) is 0 Å². The minimum Gasteiger partial charge on any atom is -0.320 e. The van der Waals surface area contributed by atoms with Gasteiger partial charge in [0.25, 0.3) is 0 Å². The third kappa shape index (κ3) is 2.19. The average Bonchev–Trinajstić information content (AvgIpc) is 2.39. The number of nitrogens with one attached hydrogen (secondary N) is 5. The molecule has 3 heterocycles. The quantitative estimate of drug-likeness (QED) is 0.371. The molecule has 3 aliphatic rings. The lowest BCUT2D eigenvalue weighted by Crippen LogP contribution is -2.81. The number of urea groups is 1. The molecular formula is C10H18N6O2. The van der Waals surface area contributed by atoms with E-state index in [1.54, 1.807) is 0 Å². The molecule has 3 atom stereocenters. The molecule has 3 amide bonds. The maximum absolute atomic E-state index is 11.6. The molecule has 0 bridgehead atoms. The van der Waals surface area contributed by atoms with Gasteiger partial charge in [-0.1, -0.05) is 6.42 Å². The van der Waals surface area contributed by atoms with Gasteiger partial charge in [-0.05, 0) is 12.8 Å². The van der Waals surface area contributed by atoms with E-state index in [0.29, 0.717) is 0 Å². The molecule has 0 aromatic carbocycles. The van der Waals surface area contributed by atoms with Crippen molar-refractivity contribution in [1.29, 1.82) is 0 Å². The van der Waals surface area contributed by atoms with Crippen molar-refractivity contribution in [3.8, 4) is 0 Å². The zero-order valence-electron chi connectivity index (χ0n) is 10.0. The van der Waals surface area contributed by atoms with Crippen molar-refractivity contribution < 1.29 is 9.59 Å². The second-order valence-electron chi connectivity index (χ2n) is 4.87. The Morgan fingerprint density at radius 2 is 1.83 bits per heavy atom. The molecule has 3 saturated heterocycles. The smallest absolute Gasteiger partial charge is 0.320 e. The predicted octanol–water partition coefficient (Wildman–Crippen LogP) is -2.01. The fraction of sp³-hybridized carbons (Fsp3) is 0.800. The number of hydrogen-bond donors (Lipinski definition) is 5. The molecule has 3 rings (SSSR count). The second kappa shape index (κ2) is 4.81. The molecule has 0 saturated carbocycles. The number of piperidine rings is 1. The van der Waals surface area contributed by atoms with Gasteiger partial charge in [0.05, 0.1) is 0 Å². The number of amides is 3. The number of carbonyl (C=O) groups is 2. The third-order valence-corrected chi connectivity index (χ3v) is 3.61. The predicted molar refractivity (Wildman–Crippen MR) is 62.9 cm³/mol. The van der Waals surface area contributed by atoms with Crippen LogP contribution in [0.5, 0.6) is 0 Å². The van der Waals surface area contributed by atoms with E-state index in [9.17, 15) is 9.59 Å². The number of carbonyl (C=O) groups excluding carboxylic acids is 2. The van der Waals surface area contributed by atoms with Crippen molar-refractivity contribution in [1.82, 2.24) is 31.7 Å². The Morgan fingerprint density at radius 3 is 2.61 bits per heavy atom. The molecule has 3 fully saturated rings. The summed E-state index contributed by atoms with van der Waals surface area (Å²) in [6, 6.07) is -0.932. The lowest BCUT2D eigenvalue weighted by Gasteiger charge is -2.45. The molecule has 0 radical (unpaired) electrons. The van der Waals surface area contributed by atoms with Crippen LogP contribution < -0.4 is 26.8 Å². The first kappa shape index (κ1) is 11.8. The van der Waals surface area contributed by atoms with Gasteiger partial charge in [-0.25, -0.2) is 15.6 Å². The lowest BCUT2D eigenvalue weighted by molar-refractivity contribution is -0.126. The SMILES string of the molecule is O=C1NC(=O)C2NNC(N3CCCCC3)NC2N1. The first-order valence-electron chi connectivity index (χ1n) is 6.36. The fourth-order valence-corrected chi connectivity index (χ4v) is 2.64. The van der Waals surface area contributed by atoms with Gasteiger partial charge >= 0.3 is 6.03 Å². The van der Waals surface area contributed by atoms with Crippen LogP contribution in [-0.4, -0.2) is 48.4 Å². The van der Waals surface area contributed by atoms with Crippen molar-refractivity contribution in [2.75, 3.05) is 13.1 Å². The molecule has 100 valence electrons. The monoisotopic (exact) mass is 254 g/mol. The topological polar surface area (TPSA) is 97.5 Å². The van der Waals surface area contributed by atoms with E-state index in [-0.39, 0.29) is 18.4 Å². The molecule has 3 aliphatic heterocycles. The Labute approximate surface area is 105 Å². The number of rotatable bonds is 1. The maximum atomic E-state index is 11.6. The van der Waals surface area contributed by atoms with Crippen molar-refractivity contribution >= 4 is 11.9 Å². The van der Waals surface area contributed by atoms with Crippen LogP contribution in [0, 0.1) is 0 Å². The number of hydrogen-bond acceptors (Lipinski definition) is 6. The normalized spacial score (nSPS) is 37.7. The van der Waals surface area contributed by atoms with Gasteiger partial charge in [0, 0.05) is 13.1 Å². The summed E-state index contributed by atoms with van der Waals surface area (Å²) in [7, 11) is 0. The molecule has 18 heavy (non-hydrogen) atoms. The summed E-state index contributed by atoms with van der Waals surface area (Å²) in [5.74, 6) is -0.319. The van der Waals surface area contributed by atoms with Crippen molar-refractivity contribution in [2.24, 2.45) is 0 Å². The van der Waals surface area contributed by atoms with Crippen LogP contribution >= 0.6 is 0 Å². The fourth-order valence-electron chi connectivity index (χ4n) is 2.64. The summed E-state index contributed by atoms with van der Waals surface area (Å²) >= 11 is 0. The zero-order chi connectivity index (χ0) is 12.5. The van der Waals surface area contributed by atoms with E-state index in [2.05, 4.69) is 31.7 Å².